The van der Waals surface area contributed by atoms with E-state index in [0.717, 1.165) is 0 Å². The van der Waals surface area contributed by atoms with E-state index in [1.165, 1.54) is 18.2 Å². The largest absolute Gasteiger partial charge is 0.412 e. The Morgan fingerprint density at radius 2 is 2.13 bits per heavy atom. The van der Waals surface area contributed by atoms with Gasteiger partial charge in [-0.3, -0.25) is 4.79 Å². The van der Waals surface area contributed by atoms with Crippen molar-refractivity contribution in [3.63, 3.8) is 0 Å². The maximum Gasteiger partial charge on any atom is 0.412 e. The van der Waals surface area contributed by atoms with Crippen LogP contribution in [-0.4, -0.2) is 52.5 Å². The molecule has 1 fully saturated rings. The molecule has 3 rings (SSSR count). The van der Waals surface area contributed by atoms with Crippen LogP contribution < -0.4 is 24.4 Å². The number of rotatable bonds is 6. The third-order valence-electron chi connectivity index (χ3n) is 4.41. The molecule has 1 saturated heterocycles. The summed E-state index contributed by atoms with van der Waals surface area (Å²) in [6.07, 6.45) is -2.53. The molecule has 2 amide bonds. The van der Waals surface area contributed by atoms with E-state index in [-0.39, 0.29) is 18.7 Å². The SMILES string of the molecule is CCNC(=O)Oc1ccc(C2=C[C@@H](CC(F)F)NC2)c(F)c1N1CC(=O)NS1(=O)=O. The van der Waals surface area contributed by atoms with Crippen molar-refractivity contribution in [2.24, 2.45) is 0 Å². The number of anilines is 1. The second kappa shape index (κ2) is 8.52. The minimum atomic E-state index is -4.40. The number of hydrogen-bond acceptors (Lipinski definition) is 6. The lowest BCUT2D eigenvalue weighted by Crippen LogP contribution is -2.32. The van der Waals surface area contributed by atoms with Crippen molar-refractivity contribution in [2.45, 2.75) is 25.8 Å². The van der Waals surface area contributed by atoms with Crippen LogP contribution in [0.5, 0.6) is 5.75 Å². The molecule has 1 aromatic carbocycles. The maximum absolute atomic E-state index is 15.5. The molecule has 9 nitrogen and oxygen atoms in total. The molecule has 0 radical (unpaired) electrons. The van der Waals surface area contributed by atoms with E-state index < -0.39 is 64.9 Å². The first-order valence-electron chi connectivity index (χ1n) is 8.96. The molecule has 0 bridgehead atoms. The first kappa shape index (κ1) is 21.9. The number of ether oxygens (including phenoxy) is 1. The van der Waals surface area contributed by atoms with Crippen molar-refractivity contribution in [1.82, 2.24) is 15.4 Å². The van der Waals surface area contributed by atoms with Gasteiger partial charge in [0.2, 0.25) is 6.43 Å². The van der Waals surface area contributed by atoms with Crippen LogP contribution in [0.15, 0.2) is 18.2 Å². The molecule has 0 unspecified atom stereocenters. The molecule has 0 saturated carbocycles. The Kier molecular flexibility index (Phi) is 6.22. The van der Waals surface area contributed by atoms with Gasteiger partial charge in [-0.2, -0.15) is 8.42 Å². The summed E-state index contributed by atoms with van der Waals surface area (Å²) in [5.74, 6) is -2.37. The van der Waals surface area contributed by atoms with Gasteiger partial charge in [0.15, 0.2) is 11.6 Å². The van der Waals surface area contributed by atoms with E-state index in [1.54, 1.807) is 11.6 Å². The summed E-state index contributed by atoms with van der Waals surface area (Å²) in [5, 5.41) is 5.13. The van der Waals surface area contributed by atoms with E-state index >= 15 is 4.39 Å². The Balaban J connectivity index is 2.06. The number of alkyl halides is 2. The third kappa shape index (κ3) is 4.51. The molecule has 2 heterocycles. The van der Waals surface area contributed by atoms with Crippen molar-refractivity contribution in [1.29, 1.82) is 0 Å². The van der Waals surface area contributed by atoms with Crippen LogP contribution in [0.3, 0.4) is 0 Å². The highest BCUT2D eigenvalue weighted by Crippen LogP contribution is 2.39. The van der Waals surface area contributed by atoms with Crippen LogP contribution in [0.25, 0.3) is 5.57 Å². The summed E-state index contributed by atoms with van der Waals surface area (Å²) in [6.45, 7) is 1.20. The highest BCUT2D eigenvalue weighted by molar-refractivity contribution is 7.92. The summed E-state index contributed by atoms with van der Waals surface area (Å²) < 4.78 is 72.4. The number of amides is 2. The molecule has 164 valence electrons. The number of nitrogens with one attached hydrogen (secondary N) is 3. The molecule has 0 aliphatic carbocycles. The maximum atomic E-state index is 15.5. The predicted octanol–water partition coefficient (Wildman–Crippen LogP) is 1.13. The zero-order valence-electron chi connectivity index (χ0n) is 15.7. The van der Waals surface area contributed by atoms with Crippen molar-refractivity contribution in [3.05, 3.63) is 29.6 Å². The molecule has 1 atom stereocenters. The van der Waals surface area contributed by atoms with E-state index in [2.05, 4.69) is 10.6 Å². The summed E-state index contributed by atoms with van der Waals surface area (Å²) in [6, 6.07) is 1.76. The molecule has 0 aromatic heterocycles. The summed E-state index contributed by atoms with van der Waals surface area (Å²) >= 11 is 0. The lowest BCUT2D eigenvalue weighted by atomic mass is 10.0. The number of hydrogen-bond donors (Lipinski definition) is 3. The predicted molar refractivity (Wildman–Crippen MR) is 101 cm³/mol. The van der Waals surface area contributed by atoms with Gasteiger partial charge in [-0.25, -0.2) is 27.0 Å². The van der Waals surface area contributed by atoms with Crippen LogP contribution in [-0.2, 0) is 15.0 Å². The summed E-state index contributed by atoms with van der Waals surface area (Å²) in [7, 11) is -4.40. The molecule has 13 heteroatoms. The highest BCUT2D eigenvalue weighted by atomic mass is 32.2. The summed E-state index contributed by atoms with van der Waals surface area (Å²) in [4.78, 5) is 23.4. The molecule has 30 heavy (non-hydrogen) atoms. The Bertz CT molecular complexity index is 999. The van der Waals surface area contributed by atoms with Crippen molar-refractivity contribution in [2.75, 3.05) is 23.9 Å². The molecule has 3 N–H and O–H groups in total. The van der Waals surface area contributed by atoms with Gasteiger partial charge in [-0.15, -0.1) is 0 Å². The topological polar surface area (TPSA) is 117 Å². The molecule has 0 spiro atoms. The average Bonchev–Trinajstić information content (AvgIpc) is 3.18. The standard InChI is InChI=1S/C17H19F3N4O5S/c1-2-21-17(26)29-12-4-3-11(9-5-10(22-7-9)6-13(18)19)15(20)16(12)24-8-14(25)23-30(24,27)28/h3-5,10,13,22H,2,6-8H2,1H3,(H,21,26)(H,23,25)/t10-/m0/s1. The van der Waals surface area contributed by atoms with Crippen LogP contribution in [0.2, 0.25) is 0 Å². The monoisotopic (exact) mass is 448 g/mol. The smallest absolute Gasteiger partial charge is 0.408 e. The first-order valence-corrected chi connectivity index (χ1v) is 10.4. The zero-order chi connectivity index (χ0) is 22.1. The zero-order valence-corrected chi connectivity index (χ0v) is 16.6. The quantitative estimate of drug-likeness (QED) is 0.601. The highest BCUT2D eigenvalue weighted by Gasteiger charge is 2.39. The van der Waals surface area contributed by atoms with Crippen LogP contribution in [0.4, 0.5) is 23.7 Å². The molecule has 1 aromatic rings. The fraction of sp³-hybridized carbons (Fsp3) is 0.412. The first-order chi connectivity index (χ1) is 14.1. The second-order valence-electron chi connectivity index (χ2n) is 6.54. The van der Waals surface area contributed by atoms with Crippen molar-refractivity contribution < 1.29 is 35.9 Å². The fourth-order valence-electron chi connectivity index (χ4n) is 3.17. The molecule has 2 aliphatic rings. The van der Waals surface area contributed by atoms with Gasteiger partial charge in [-0.05, 0) is 24.6 Å². The van der Waals surface area contributed by atoms with Gasteiger partial charge in [0, 0.05) is 31.1 Å². The Morgan fingerprint density at radius 1 is 1.40 bits per heavy atom. The summed E-state index contributed by atoms with van der Waals surface area (Å²) in [5.41, 5.74) is -0.359. The van der Waals surface area contributed by atoms with Crippen LogP contribution in [0.1, 0.15) is 18.9 Å². The minimum Gasteiger partial charge on any atom is -0.408 e. The van der Waals surface area contributed by atoms with Gasteiger partial charge in [-0.1, -0.05) is 6.08 Å². The van der Waals surface area contributed by atoms with E-state index in [4.69, 9.17) is 4.74 Å². The minimum absolute atomic E-state index is 0.0629. The number of nitrogens with zero attached hydrogens (tertiary/aromatic N) is 1. The fourth-order valence-corrected chi connectivity index (χ4v) is 4.33. The Labute approximate surface area is 170 Å². The van der Waals surface area contributed by atoms with Gasteiger partial charge >= 0.3 is 16.3 Å². The van der Waals surface area contributed by atoms with Gasteiger partial charge in [0.25, 0.3) is 5.91 Å². The molecular weight excluding hydrogens is 429 g/mol. The van der Waals surface area contributed by atoms with E-state index in [0.29, 0.717) is 9.88 Å². The van der Waals surface area contributed by atoms with E-state index in [1.807, 2.05) is 0 Å². The van der Waals surface area contributed by atoms with Gasteiger partial charge in [0.1, 0.15) is 12.2 Å². The lowest BCUT2D eigenvalue weighted by Gasteiger charge is -2.21. The Hall–Kier alpha value is -2.80. The second-order valence-corrected chi connectivity index (χ2v) is 8.13. The van der Waals surface area contributed by atoms with Crippen molar-refractivity contribution >= 4 is 33.5 Å². The number of carbonyl (C=O) groups excluding carboxylic acids is 2. The average molecular weight is 448 g/mol. The van der Waals surface area contributed by atoms with Crippen LogP contribution in [0, 0.1) is 5.82 Å². The number of benzene rings is 1. The van der Waals surface area contributed by atoms with E-state index in [9.17, 15) is 26.8 Å². The Morgan fingerprint density at radius 3 is 2.73 bits per heavy atom. The normalized spacial score (nSPS) is 20.3. The number of carbonyl (C=O) groups is 2. The van der Waals surface area contributed by atoms with Gasteiger partial charge < -0.3 is 15.4 Å². The van der Waals surface area contributed by atoms with Crippen LogP contribution >= 0.6 is 0 Å². The lowest BCUT2D eigenvalue weighted by molar-refractivity contribution is -0.117. The van der Waals surface area contributed by atoms with Crippen molar-refractivity contribution in [3.8, 4) is 5.75 Å². The number of halogens is 3. The van der Waals surface area contributed by atoms with Gasteiger partial charge in [0.05, 0.1) is 0 Å². The molecular formula is C17H19F3N4O5S. The third-order valence-corrected chi connectivity index (χ3v) is 5.79. The molecule has 2 aliphatic heterocycles.